The number of aliphatic hydroxyl groups is 1. The first kappa shape index (κ1) is 15.1. The second-order valence-corrected chi connectivity index (χ2v) is 5.12. The zero-order valence-electron chi connectivity index (χ0n) is 11.9. The zero-order valence-corrected chi connectivity index (χ0v) is 11.9. The Morgan fingerprint density at radius 3 is 2.57 bits per heavy atom. The summed E-state index contributed by atoms with van der Waals surface area (Å²) < 4.78 is 4.99. The van der Waals surface area contributed by atoms with Crippen molar-refractivity contribution in [1.82, 2.24) is 0 Å². The molecule has 0 atom stereocenters. The molecule has 1 aromatic rings. The Balaban J connectivity index is 1.94. The van der Waals surface area contributed by atoms with Gasteiger partial charge in [-0.05, 0) is 25.0 Å². The van der Waals surface area contributed by atoms with E-state index >= 15 is 0 Å². The van der Waals surface area contributed by atoms with Crippen LogP contribution in [0.3, 0.4) is 0 Å². The lowest BCUT2D eigenvalue weighted by Gasteiger charge is -2.20. The molecular formula is C16H20N2O3. The van der Waals surface area contributed by atoms with E-state index in [0.29, 0.717) is 5.75 Å². The number of para-hydroxylation sites is 1. The van der Waals surface area contributed by atoms with Crippen molar-refractivity contribution < 1.29 is 14.6 Å². The SMILES string of the molecule is NC(/C=C(\O)C1CCCCC1)=N/C(=O)Oc1ccccc1. The number of allylic oxidation sites excluding steroid dienone is 1. The average Bonchev–Trinajstić information content (AvgIpc) is 2.48. The first-order chi connectivity index (χ1) is 10.1. The first-order valence-electron chi connectivity index (χ1n) is 7.17. The number of amidine groups is 1. The molecule has 1 fully saturated rings. The van der Waals surface area contributed by atoms with Crippen molar-refractivity contribution in [2.24, 2.45) is 16.6 Å². The summed E-state index contributed by atoms with van der Waals surface area (Å²) in [5.74, 6) is 0.680. The van der Waals surface area contributed by atoms with Gasteiger partial charge in [0.05, 0.1) is 5.76 Å². The fraction of sp³-hybridized carbons (Fsp3) is 0.375. The van der Waals surface area contributed by atoms with E-state index in [2.05, 4.69) is 4.99 Å². The van der Waals surface area contributed by atoms with E-state index in [-0.39, 0.29) is 17.5 Å². The summed E-state index contributed by atoms with van der Waals surface area (Å²) in [7, 11) is 0. The molecule has 1 aliphatic rings. The molecular weight excluding hydrogens is 268 g/mol. The molecule has 0 saturated heterocycles. The molecule has 0 aromatic heterocycles. The van der Waals surface area contributed by atoms with Gasteiger partial charge in [-0.2, -0.15) is 4.99 Å². The third kappa shape index (κ3) is 4.95. The fourth-order valence-electron chi connectivity index (χ4n) is 2.42. The molecule has 1 aromatic carbocycles. The van der Waals surface area contributed by atoms with Gasteiger partial charge in [0.1, 0.15) is 11.6 Å². The van der Waals surface area contributed by atoms with Gasteiger partial charge in [-0.15, -0.1) is 0 Å². The average molecular weight is 288 g/mol. The number of hydrogen-bond donors (Lipinski definition) is 2. The Bertz CT molecular complexity index is 532. The van der Waals surface area contributed by atoms with Crippen molar-refractivity contribution in [3.63, 3.8) is 0 Å². The molecule has 5 nitrogen and oxygen atoms in total. The van der Waals surface area contributed by atoms with Gasteiger partial charge in [-0.25, -0.2) is 4.79 Å². The second-order valence-electron chi connectivity index (χ2n) is 5.12. The minimum atomic E-state index is -0.800. The van der Waals surface area contributed by atoms with Crippen molar-refractivity contribution in [2.45, 2.75) is 32.1 Å². The van der Waals surface area contributed by atoms with Crippen LogP contribution in [0.5, 0.6) is 5.75 Å². The number of aliphatic hydroxyl groups excluding tert-OH is 1. The van der Waals surface area contributed by atoms with Crippen LogP contribution in [0, 0.1) is 5.92 Å². The Hall–Kier alpha value is -2.30. The molecule has 0 radical (unpaired) electrons. The number of ether oxygens (including phenoxy) is 1. The van der Waals surface area contributed by atoms with Crippen LogP contribution in [-0.2, 0) is 0 Å². The lowest BCUT2D eigenvalue weighted by Crippen LogP contribution is -2.17. The normalized spacial score (nSPS) is 17.5. The van der Waals surface area contributed by atoms with Gasteiger partial charge in [-0.3, -0.25) is 0 Å². The summed E-state index contributed by atoms with van der Waals surface area (Å²) in [5, 5.41) is 10.00. The number of aliphatic imine (C=N–C) groups is 1. The molecule has 2 rings (SSSR count). The highest BCUT2D eigenvalue weighted by molar-refractivity contribution is 5.98. The molecule has 0 heterocycles. The van der Waals surface area contributed by atoms with E-state index in [9.17, 15) is 9.90 Å². The van der Waals surface area contributed by atoms with Crippen LogP contribution in [0.15, 0.2) is 47.2 Å². The molecule has 1 amide bonds. The summed E-state index contributed by atoms with van der Waals surface area (Å²) in [6, 6.07) is 8.63. The molecule has 0 spiro atoms. The van der Waals surface area contributed by atoms with Crippen LogP contribution in [0.2, 0.25) is 0 Å². The highest BCUT2D eigenvalue weighted by Gasteiger charge is 2.17. The van der Waals surface area contributed by atoms with Crippen LogP contribution in [-0.4, -0.2) is 17.0 Å². The van der Waals surface area contributed by atoms with Crippen LogP contribution in [0.25, 0.3) is 0 Å². The summed E-state index contributed by atoms with van der Waals surface area (Å²) in [6.07, 6.45) is 5.87. The van der Waals surface area contributed by atoms with Crippen LogP contribution in [0.4, 0.5) is 4.79 Å². The van der Waals surface area contributed by atoms with Gasteiger partial charge in [0.25, 0.3) is 0 Å². The Morgan fingerprint density at radius 1 is 1.24 bits per heavy atom. The van der Waals surface area contributed by atoms with Gasteiger partial charge >= 0.3 is 6.09 Å². The smallest absolute Gasteiger partial charge is 0.441 e. The van der Waals surface area contributed by atoms with Gasteiger partial charge in [-0.1, -0.05) is 37.5 Å². The lowest BCUT2D eigenvalue weighted by molar-refractivity contribution is 0.211. The predicted molar refractivity (Wildman–Crippen MR) is 81.4 cm³/mol. The number of hydrogen-bond acceptors (Lipinski definition) is 3. The quantitative estimate of drug-likeness (QED) is 0.506. The maximum absolute atomic E-state index is 11.6. The largest absolute Gasteiger partial charge is 0.512 e. The maximum atomic E-state index is 11.6. The van der Waals surface area contributed by atoms with Crippen molar-refractivity contribution in [1.29, 1.82) is 0 Å². The molecule has 3 N–H and O–H groups in total. The highest BCUT2D eigenvalue weighted by atomic mass is 16.5. The third-order valence-electron chi connectivity index (χ3n) is 3.49. The summed E-state index contributed by atoms with van der Waals surface area (Å²) in [5.41, 5.74) is 5.65. The Morgan fingerprint density at radius 2 is 1.90 bits per heavy atom. The molecule has 1 saturated carbocycles. The van der Waals surface area contributed by atoms with E-state index in [4.69, 9.17) is 10.5 Å². The summed E-state index contributed by atoms with van der Waals surface area (Å²) >= 11 is 0. The number of benzene rings is 1. The minimum absolute atomic E-state index is 0.0426. The van der Waals surface area contributed by atoms with Crippen molar-refractivity contribution >= 4 is 11.9 Å². The number of carbonyl (C=O) groups excluding carboxylic acids is 1. The first-order valence-corrected chi connectivity index (χ1v) is 7.17. The Kier molecular flexibility index (Phi) is 5.37. The van der Waals surface area contributed by atoms with Crippen molar-refractivity contribution in [3.05, 3.63) is 42.2 Å². The molecule has 0 aliphatic heterocycles. The number of rotatable bonds is 3. The van der Waals surface area contributed by atoms with Gasteiger partial charge < -0.3 is 15.6 Å². The van der Waals surface area contributed by atoms with E-state index < -0.39 is 6.09 Å². The summed E-state index contributed by atoms with van der Waals surface area (Å²) in [6.45, 7) is 0. The number of nitrogens with zero attached hydrogens (tertiary/aromatic N) is 1. The van der Waals surface area contributed by atoms with Gasteiger partial charge in [0.2, 0.25) is 0 Å². The van der Waals surface area contributed by atoms with E-state index in [1.54, 1.807) is 24.3 Å². The molecule has 5 heteroatoms. The summed E-state index contributed by atoms with van der Waals surface area (Å²) in [4.78, 5) is 15.2. The van der Waals surface area contributed by atoms with Gasteiger partial charge in [0, 0.05) is 12.0 Å². The molecule has 1 aliphatic carbocycles. The predicted octanol–water partition coefficient (Wildman–Crippen LogP) is 3.56. The Labute approximate surface area is 124 Å². The van der Waals surface area contributed by atoms with E-state index in [0.717, 1.165) is 25.7 Å². The molecule has 112 valence electrons. The fourth-order valence-corrected chi connectivity index (χ4v) is 2.42. The third-order valence-corrected chi connectivity index (χ3v) is 3.49. The van der Waals surface area contributed by atoms with Crippen LogP contribution in [0.1, 0.15) is 32.1 Å². The number of nitrogens with two attached hydrogens (primary N) is 1. The molecule has 0 bridgehead atoms. The van der Waals surface area contributed by atoms with Crippen molar-refractivity contribution in [2.75, 3.05) is 0 Å². The lowest BCUT2D eigenvalue weighted by atomic mass is 9.88. The molecule has 0 unspecified atom stereocenters. The maximum Gasteiger partial charge on any atom is 0.441 e. The molecule has 21 heavy (non-hydrogen) atoms. The second kappa shape index (κ2) is 7.47. The number of carbonyl (C=O) groups is 1. The topological polar surface area (TPSA) is 84.9 Å². The van der Waals surface area contributed by atoms with Gasteiger partial charge in [0.15, 0.2) is 0 Å². The highest BCUT2D eigenvalue weighted by Crippen LogP contribution is 2.28. The monoisotopic (exact) mass is 288 g/mol. The van der Waals surface area contributed by atoms with E-state index in [1.165, 1.54) is 12.5 Å². The van der Waals surface area contributed by atoms with E-state index in [1.807, 2.05) is 6.07 Å². The van der Waals surface area contributed by atoms with Crippen LogP contribution < -0.4 is 10.5 Å². The minimum Gasteiger partial charge on any atom is -0.512 e. The standard InChI is InChI=1S/C16H20N2O3/c17-15(11-14(19)12-7-3-1-4-8-12)18-16(20)21-13-9-5-2-6-10-13/h2,5-6,9-12,19H,1,3-4,7-8H2,(H2,17,18,20)/b14-11-. The van der Waals surface area contributed by atoms with Crippen LogP contribution >= 0.6 is 0 Å². The number of amides is 1. The zero-order chi connectivity index (χ0) is 15.1. The van der Waals surface area contributed by atoms with Crippen molar-refractivity contribution in [3.8, 4) is 5.75 Å².